The number of amides is 1. The maximum atomic E-state index is 13.7. The highest BCUT2D eigenvalue weighted by Crippen LogP contribution is 2.35. The van der Waals surface area contributed by atoms with Crippen molar-refractivity contribution in [2.24, 2.45) is 5.73 Å². The van der Waals surface area contributed by atoms with Crippen molar-refractivity contribution in [3.8, 4) is 11.3 Å². The maximum Gasteiger partial charge on any atom is 0.420 e. The molecule has 1 amide bonds. The van der Waals surface area contributed by atoms with Crippen molar-refractivity contribution < 1.29 is 18.0 Å². The van der Waals surface area contributed by atoms with E-state index in [9.17, 15) is 18.0 Å². The number of benzene rings is 1. The smallest absolute Gasteiger partial charge is 0.346 e. The second-order valence-electron chi connectivity index (χ2n) is 7.34. The molecular weight excluding hydrogens is 575 g/mol. The van der Waals surface area contributed by atoms with Gasteiger partial charge in [0.25, 0.3) is 5.91 Å². The second-order valence-corrected chi connectivity index (χ2v) is 10.2. The molecule has 0 fully saturated rings. The molecule has 0 saturated heterocycles. The number of rotatable bonds is 5. The molecule has 186 valence electrons. The molecule has 3 N–H and O–H groups in total. The third-order valence-corrected chi connectivity index (χ3v) is 7.39. The van der Waals surface area contributed by atoms with E-state index in [1.807, 2.05) is 35.0 Å². The summed E-state index contributed by atoms with van der Waals surface area (Å²) >= 11 is 6.35. The largest absolute Gasteiger partial charge is 0.420 e. The molecule has 6 nitrogen and oxygen atoms in total. The Balaban J connectivity index is 0.000000375. The zero-order chi connectivity index (χ0) is 25.7. The van der Waals surface area contributed by atoms with Crippen LogP contribution in [0.1, 0.15) is 25.8 Å². The number of carbonyl (C=O) groups is 1. The second kappa shape index (κ2) is 11.3. The summed E-state index contributed by atoms with van der Waals surface area (Å²) < 4.78 is 42.1. The van der Waals surface area contributed by atoms with Gasteiger partial charge in [-0.1, -0.05) is 42.5 Å². The molecule has 12 heteroatoms. The Morgan fingerprint density at radius 3 is 2.25 bits per heavy atom. The van der Waals surface area contributed by atoms with Crippen molar-refractivity contribution in [2.75, 3.05) is 0 Å². The Morgan fingerprint density at radius 2 is 1.69 bits per heavy atom. The van der Waals surface area contributed by atoms with Crippen molar-refractivity contribution >= 4 is 50.2 Å². The molecular formula is C24H19BrF3N5OS2. The number of halogens is 4. The molecule has 4 heterocycles. The average molecular weight is 594 g/mol. The van der Waals surface area contributed by atoms with Crippen LogP contribution in [0.2, 0.25) is 0 Å². The quantitative estimate of drug-likeness (QED) is 0.248. The number of nitrogens with two attached hydrogens (primary N) is 1. The number of nitrogens with zero attached hydrogens (tertiary/aromatic N) is 3. The molecule has 0 unspecified atom stereocenters. The molecule has 0 spiro atoms. The fourth-order valence-corrected chi connectivity index (χ4v) is 4.94. The van der Waals surface area contributed by atoms with Crippen LogP contribution < -0.4 is 11.1 Å². The summed E-state index contributed by atoms with van der Waals surface area (Å²) in [6, 6.07) is 17.2. The van der Waals surface area contributed by atoms with Crippen LogP contribution in [-0.4, -0.2) is 20.5 Å². The third-order valence-electron chi connectivity index (χ3n) is 4.90. The van der Waals surface area contributed by atoms with Gasteiger partial charge >= 0.3 is 6.18 Å². The van der Waals surface area contributed by atoms with Crippen LogP contribution in [0.15, 0.2) is 76.0 Å². The number of fused-ring (bicyclic) bond motifs is 1. The summed E-state index contributed by atoms with van der Waals surface area (Å²) in [4.78, 5) is 18.6. The van der Waals surface area contributed by atoms with Gasteiger partial charge < -0.3 is 11.1 Å². The van der Waals surface area contributed by atoms with Gasteiger partial charge in [-0.3, -0.25) is 4.79 Å². The van der Waals surface area contributed by atoms with Gasteiger partial charge in [0, 0.05) is 21.9 Å². The summed E-state index contributed by atoms with van der Waals surface area (Å²) in [6.07, 6.45) is -4.66. The summed E-state index contributed by atoms with van der Waals surface area (Å²) in [5.74, 6) is -0.592. The van der Waals surface area contributed by atoms with E-state index in [0.717, 1.165) is 15.5 Å². The SMILES string of the molecule is NCc1cccs1.O=C(NCc1cccs1)c1nc2c(C(F)(F)F)cc(-c3ccccc3)nn2c1Br. The van der Waals surface area contributed by atoms with Gasteiger partial charge in [0.1, 0.15) is 10.2 Å². The van der Waals surface area contributed by atoms with Crippen molar-refractivity contribution in [1.82, 2.24) is 19.9 Å². The van der Waals surface area contributed by atoms with E-state index < -0.39 is 23.3 Å². The van der Waals surface area contributed by atoms with Crippen molar-refractivity contribution in [2.45, 2.75) is 19.3 Å². The molecule has 0 saturated carbocycles. The number of nitrogens with one attached hydrogen (secondary N) is 1. The summed E-state index contributed by atoms with van der Waals surface area (Å²) in [5, 5.41) is 10.8. The minimum absolute atomic E-state index is 0.0551. The first-order valence-electron chi connectivity index (χ1n) is 10.5. The minimum Gasteiger partial charge on any atom is -0.346 e. The molecule has 5 aromatic rings. The van der Waals surface area contributed by atoms with Crippen LogP contribution in [0.4, 0.5) is 13.2 Å². The van der Waals surface area contributed by atoms with Crippen LogP contribution in [0.25, 0.3) is 16.9 Å². The zero-order valence-corrected chi connectivity index (χ0v) is 21.7. The van der Waals surface area contributed by atoms with Gasteiger partial charge in [-0.05, 0) is 44.9 Å². The highest BCUT2D eigenvalue weighted by molar-refractivity contribution is 9.10. The lowest BCUT2D eigenvalue weighted by Gasteiger charge is -2.10. The fraction of sp³-hybridized carbons (Fsp3) is 0.125. The van der Waals surface area contributed by atoms with Gasteiger partial charge in [-0.25, -0.2) is 9.50 Å². The summed E-state index contributed by atoms with van der Waals surface area (Å²) in [5.41, 5.74) is 4.37. The minimum atomic E-state index is -4.66. The van der Waals surface area contributed by atoms with Gasteiger partial charge in [-0.15, -0.1) is 22.7 Å². The molecule has 0 aliphatic heterocycles. The Morgan fingerprint density at radius 1 is 1.03 bits per heavy atom. The Kier molecular flexibility index (Phi) is 8.19. The van der Waals surface area contributed by atoms with Crippen molar-refractivity contribution in [3.05, 3.63) is 97.0 Å². The molecule has 0 atom stereocenters. The Bertz CT molecular complexity index is 1440. The van der Waals surface area contributed by atoms with Gasteiger partial charge in [0.05, 0.1) is 12.2 Å². The first kappa shape index (κ1) is 26.0. The molecule has 5 rings (SSSR count). The van der Waals surface area contributed by atoms with Crippen LogP contribution in [0.3, 0.4) is 0 Å². The average Bonchev–Trinajstić information content (AvgIpc) is 3.64. The lowest BCUT2D eigenvalue weighted by molar-refractivity contribution is -0.136. The Labute approximate surface area is 220 Å². The van der Waals surface area contributed by atoms with E-state index in [1.54, 1.807) is 41.7 Å². The maximum absolute atomic E-state index is 13.7. The molecule has 0 bridgehead atoms. The number of hydrogen-bond donors (Lipinski definition) is 2. The third kappa shape index (κ3) is 6.01. The standard InChI is InChI=1S/C19H12BrF3N4OS.C5H7NS/c20-16-15(18(28)24-10-12-7-4-8-29-12)25-17-13(19(21,22)23)9-14(26-27(16)17)11-5-2-1-3-6-11;6-4-5-2-1-3-7-5/h1-9H,10H2,(H,24,28);1-3H,4,6H2. The van der Waals surface area contributed by atoms with Gasteiger partial charge in [0.15, 0.2) is 11.3 Å². The first-order chi connectivity index (χ1) is 17.3. The van der Waals surface area contributed by atoms with E-state index >= 15 is 0 Å². The highest BCUT2D eigenvalue weighted by Gasteiger charge is 2.36. The van der Waals surface area contributed by atoms with Crippen LogP contribution in [0, 0.1) is 0 Å². The molecule has 36 heavy (non-hydrogen) atoms. The van der Waals surface area contributed by atoms with E-state index in [-0.39, 0.29) is 22.5 Å². The zero-order valence-electron chi connectivity index (χ0n) is 18.5. The number of aromatic nitrogens is 3. The predicted molar refractivity (Wildman–Crippen MR) is 139 cm³/mol. The Hall–Kier alpha value is -3.06. The number of thiophene rings is 2. The molecule has 0 aliphatic carbocycles. The summed E-state index contributed by atoms with van der Waals surface area (Å²) in [6.45, 7) is 0.934. The fourth-order valence-electron chi connectivity index (χ4n) is 3.19. The van der Waals surface area contributed by atoms with Gasteiger partial charge in [0.2, 0.25) is 0 Å². The lowest BCUT2D eigenvalue weighted by Crippen LogP contribution is -2.23. The number of carbonyl (C=O) groups excluding carboxylic acids is 1. The van der Waals surface area contributed by atoms with E-state index in [2.05, 4.69) is 31.3 Å². The van der Waals surface area contributed by atoms with Crippen LogP contribution in [-0.2, 0) is 19.3 Å². The highest BCUT2D eigenvalue weighted by atomic mass is 79.9. The molecule has 4 aromatic heterocycles. The van der Waals surface area contributed by atoms with E-state index in [0.29, 0.717) is 12.1 Å². The van der Waals surface area contributed by atoms with Gasteiger partial charge in [-0.2, -0.15) is 18.3 Å². The predicted octanol–water partition coefficient (Wildman–Crippen LogP) is 6.38. The van der Waals surface area contributed by atoms with Crippen LogP contribution in [0.5, 0.6) is 0 Å². The normalized spacial score (nSPS) is 11.2. The molecule has 0 aliphatic rings. The molecule has 0 radical (unpaired) electrons. The first-order valence-corrected chi connectivity index (χ1v) is 13.1. The van der Waals surface area contributed by atoms with Crippen LogP contribution >= 0.6 is 38.6 Å². The molecule has 1 aromatic carbocycles. The lowest BCUT2D eigenvalue weighted by atomic mass is 10.1. The number of alkyl halides is 3. The topological polar surface area (TPSA) is 85.3 Å². The van der Waals surface area contributed by atoms with Crippen molar-refractivity contribution in [3.63, 3.8) is 0 Å². The summed E-state index contributed by atoms with van der Waals surface area (Å²) in [7, 11) is 0. The van der Waals surface area contributed by atoms with Crippen molar-refractivity contribution in [1.29, 1.82) is 0 Å². The van der Waals surface area contributed by atoms with E-state index in [1.165, 1.54) is 16.2 Å². The monoisotopic (exact) mass is 593 g/mol. The number of hydrogen-bond acceptors (Lipinski definition) is 6. The number of imidazole rings is 1. The van der Waals surface area contributed by atoms with E-state index in [4.69, 9.17) is 5.73 Å².